The van der Waals surface area contributed by atoms with Crippen molar-refractivity contribution in [1.82, 2.24) is 4.98 Å². The van der Waals surface area contributed by atoms with E-state index in [2.05, 4.69) is 5.32 Å². The van der Waals surface area contributed by atoms with Crippen LogP contribution in [0.5, 0.6) is 11.5 Å². The molecule has 3 rings (SSSR count). The van der Waals surface area contributed by atoms with Gasteiger partial charge in [-0.25, -0.2) is 4.98 Å². The fourth-order valence-corrected chi connectivity index (χ4v) is 3.71. The number of rotatable bonds is 5. The Labute approximate surface area is 156 Å². The molecule has 26 heavy (non-hydrogen) atoms. The number of amides is 1. The third kappa shape index (κ3) is 3.55. The van der Waals surface area contributed by atoms with Crippen LogP contribution >= 0.6 is 11.3 Å². The fraction of sp³-hybridized carbons (Fsp3) is 0.200. The van der Waals surface area contributed by atoms with Gasteiger partial charge in [-0.3, -0.25) is 4.79 Å². The Morgan fingerprint density at radius 3 is 2.42 bits per heavy atom. The van der Waals surface area contributed by atoms with Gasteiger partial charge in [-0.1, -0.05) is 18.2 Å². The third-order valence-electron chi connectivity index (χ3n) is 3.91. The van der Waals surface area contributed by atoms with Gasteiger partial charge in [0.15, 0.2) is 11.5 Å². The Morgan fingerprint density at radius 2 is 1.81 bits per heavy atom. The molecule has 1 aromatic heterocycles. The van der Waals surface area contributed by atoms with Crippen LogP contribution in [0.4, 0.5) is 5.69 Å². The minimum atomic E-state index is -0.0880. The topological polar surface area (TPSA) is 60.5 Å². The van der Waals surface area contributed by atoms with E-state index in [0.717, 1.165) is 32.4 Å². The van der Waals surface area contributed by atoms with Gasteiger partial charge in [0, 0.05) is 23.1 Å². The first-order chi connectivity index (χ1) is 12.5. The summed E-state index contributed by atoms with van der Waals surface area (Å²) in [4.78, 5) is 17.1. The molecule has 134 valence electrons. The maximum Gasteiger partial charge on any atom is 0.221 e. The molecule has 0 saturated heterocycles. The lowest BCUT2D eigenvalue weighted by atomic mass is 10.1. The van der Waals surface area contributed by atoms with Gasteiger partial charge >= 0.3 is 0 Å². The first-order valence-corrected chi connectivity index (χ1v) is 8.92. The first kappa shape index (κ1) is 17.9. The highest BCUT2D eigenvalue weighted by molar-refractivity contribution is 7.15. The standard InChI is InChI=1S/C20H20N2O3S/c1-12-18(14-8-10-15(11-9-14)21-13(2)23)22-20(26-12)16-6-5-7-17(24-3)19(16)25-4/h5-11H,1-4H3,(H,21,23). The highest BCUT2D eigenvalue weighted by Crippen LogP contribution is 2.41. The molecule has 0 radical (unpaired) electrons. The van der Waals surface area contributed by atoms with E-state index in [1.165, 1.54) is 6.92 Å². The third-order valence-corrected chi connectivity index (χ3v) is 4.91. The second-order valence-corrected chi connectivity index (χ2v) is 6.93. The van der Waals surface area contributed by atoms with Crippen molar-refractivity contribution in [1.29, 1.82) is 0 Å². The SMILES string of the molecule is COc1cccc(-c2nc(-c3ccc(NC(C)=O)cc3)c(C)s2)c1OC. The molecular formula is C20H20N2O3S. The van der Waals surface area contributed by atoms with Crippen molar-refractivity contribution in [3.63, 3.8) is 0 Å². The van der Waals surface area contributed by atoms with Gasteiger partial charge in [-0.15, -0.1) is 11.3 Å². The zero-order valence-corrected chi connectivity index (χ0v) is 15.9. The highest BCUT2D eigenvalue weighted by atomic mass is 32.1. The molecule has 0 bridgehead atoms. The smallest absolute Gasteiger partial charge is 0.221 e. The van der Waals surface area contributed by atoms with Crippen LogP contribution in [-0.2, 0) is 4.79 Å². The number of benzene rings is 2. The predicted molar refractivity (Wildman–Crippen MR) is 105 cm³/mol. The molecular weight excluding hydrogens is 348 g/mol. The normalized spacial score (nSPS) is 10.5. The summed E-state index contributed by atoms with van der Waals surface area (Å²) < 4.78 is 10.9. The van der Waals surface area contributed by atoms with Crippen molar-refractivity contribution < 1.29 is 14.3 Å². The number of nitrogens with one attached hydrogen (secondary N) is 1. The number of aromatic nitrogens is 1. The first-order valence-electron chi connectivity index (χ1n) is 8.10. The summed E-state index contributed by atoms with van der Waals surface area (Å²) >= 11 is 1.61. The molecule has 2 aromatic carbocycles. The number of nitrogens with zero attached hydrogens (tertiary/aromatic N) is 1. The van der Waals surface area contributed by atoms with Gasteiger partial charge in [-0.05, 0) is 31.2 Å². The van der Waals surface area contributed by atoms with Crippen LogP contribution in [-0.4, -0.2) is 25.1 Å². The summed E-state index contributed by atoms with van der Waals surface area (Å²) in [5, 5.41) is 3.64. The van der Waals surface area contributed by atoms with E-state index in [1.54, 1.807) is 25.6 Å². The number of anilines is 1. The Morgan fingerprint density at radius 1 is 1.08 bits per heavy atom. The van der Waals surface area contributed by atoms with E-state index >= 15 is 0 Å². The van der Waals surface area contributed by atoms with Crippen LogP contribution < -0.4 is 14.8 Å². The van der Waals surface area contributed by atoms with E-state index in [0.29, 0.717) is 11.5 Å². The molecule has 0 atom stereocenters. The molecule has 3 aromatic rings. The monoisotopic (exact) mass is 368 g/mol. The average molecular weight is 368 g/mol. The maximum absolute atomic E-state index is 11.2. The van der Waals surface area contributed by atoms with Crippen LogP contribution in [0.3, 0.4) is 0 Å². The van der Waals surface area contributed by atoms with E-state index in [4.69, 9.17) is 14.5 Å². The van der Waals surface area contributed by atoms with Gasteiger partial charge in [0.25, 0.3) is 0 Å². The van der Waals surface area contributed by atoms with Gasteiger partial charge in [0.05, 0.1) is 25.5 Å². The zero-order valence-electron chi connectivity index (χ0n) is 15.1. The lowest BCUT2D eigenvalue weighted by molar-refractivity contribution is -0.114. The summed E-state index contributed by atoms with van der Waals surface area (Å²) in [5.41, 5.74) is 3.59. The van der Waals surface area contributed by atoms with Crippen molar-refractivity contribution in [2.45, 2.75) is 13.8 Å². The minimum Gasteiger partial charge on any atom is -0.493 e. The molecule has 1 N–H and O–H groups in total. The molecule has 0 fully saturated rings. The van der Waals surface area contributed by atoms with Crippen molar-refractivity contribution in [2.24, 2.45) is 0 Å². The van der Waals surface area contributed by atoms with Crippen LogP contribution in [0.2, 0.25) is 0 Å². The number of aryl methyl sites for hydroxylation is 1. The molecule has 1 amide bonds. The number of thiazole rings is 1. The summed E-state index contributed by atoms with van der Waals surface area (Å²) in [7, 11) is 3.25. The minimum absolute atomic E-state index is 0.0880. The van der Waals surface area contributed by atoms with Crippen LogP contribution in [0.25, 0.3) is 21.8 Å². The number of para-hydroxylation sites is 1. The van der Waals surface area contributed by atoms with Crippen molar-refractivity contribution in [2.75, 3.05) is 19.5 Å². The molecule has 0 aliphatic carbocycles. The van der Waals surface area contributed by atoms with Crippen molar-refractivity contribution in [3.8, 4) is 33.3 Å². The highest BCUT2D eigenvalue weighted by Gasteiger charge is 2.17. The van der Waals surface area contributed by atoms with Crippen LogP contribution in [0, 0.1) is 6.92 Å². The Bertz CT molecular complexity index is 933. The summed E-state index contributed by atoms with van der Waals surface area (Å²) in [6.45, 7) is 3.54. The number of carbonyl (C=O) groups is 1. The number of hydrogen-bond donors (Lipinski definition) is 1. The molecule has 6 heteroatoms. The Kier molecular flexibility index (Phi) is 5.23. The average Bonchev–Trinajstić information content (AvgIpc) is 3.02. The fourth-order valence-electron chi connectivity index (χ4n) is 2.75. The summed E-state index contributed by atoms with van der Waals surface area (Å²) in [6.07, 6.45) is 0. The largest absolute Gasteiger partial charge is 0.493 e. The Balaban J connectivity index is 1.99. The number of carbonyl (C=O) groups excluding carboxylic acids is 1. The number of methoxy groups -OCH3 is 2. The maximum atomic E-state index is 11.2. The second kappa shape index (κ2) is 7.58. The van der Waals surface area contributed by atoms with Crippen molar-refractivity contribution >= 4 is 22.9 Å². The quantitative estimate of drug-likeness (QED) is 0.705. The summed E-state index contributed by atoms with van der Waals surface area (Å²) in [6, 6.07) is 13.4. The van der Waals surface area contributed by atoms with Gasteiger partial charge in [0.1, 0.15) is 5.01 Å². The predicted octanol–water partition coefficient (Wildman–Crippen LogP) is 4.76. The van der Waals surface area contributed by atoms with Crippen LogP contribution in [0.1, 0.15) is 11.8 Å². The molecule has 5 nitrogen and oxygen atoms in total. The van der Waals surface area contributed by atoms with Gasteiger partial charge in [0.2, 0.25) is 5.91 Å². The van der Waals surface area contributed by atoms with Gasteiger partial charge < -0.3 is 14.8 Å². The molecule has 0 aliphatic rings. The lowest BCUT2D eigenvalue weighted by Gasteiger charge is -2.10. The molecule has 0 aliphatic heterocycles. The number of hydrogen-bond acceptors (Lipinski definition) is 5. The second-order valence-electron chi connectivity index (χ2n) is 5.72. The molecule has 0 spiro atoms. The van der Waals surface area contributed by atoms with Gasteiger partial charge in [-0.2, -0.15) is 0 Å². The molecule has 0 unspecified atom stereocenters. The van der Waals surface area contributed by atoms with E-state index < -0.39 is 0 Å². The molecule has 0 saturated carbocycles. The zero-order chi connectivity index (χ0) is 18.7. The van der Waals surface area contributed by atoms with Crippen molar-refractivity contribution in [3.05, 3.63) is 47.3 Å². The number of ether oxygens (including phenoxy) is 2. The summed E-state index contributed by atoms with van der Waals surface area (Å²) in [5.74, 6) is 1.27. The van der Waals surface area contributed by atoms with E-state index in [-0.39, 0.29) is 5.91 Å². The van der Waals surface area contributed by atoms with Crippen LogP contribution in [0.15, 0.2) is 42.5 Å². The van der Waals surface area contributed by atoms with E-state index in [1.807, 2.05) is 49.4 Å². The molecule has 1 heterocycles. The Hall–Kier alpha value is -2.86. The van der Waals surface area contributed by atoms with E-state index in [9.17, 15) is 4.79 Å². The lowest BCUT2D eigenvalue weighted by Crippen LogP contribution is -2.05.